The number of benzene rings is 1. The molecule has 2 aromatic rings. The van der Waals surface area contributed by atoms with E-state index < -0.39 is 0 Å². The van der Waals surface area contributed by atoms with Crippen molar-refractivity contribution in [2.24, 2.45) is 0 Å². The molecule has 0 saturated carbocycles. The molecule has 0 aliphatic carbocycles. The van der Waals surface area contributed by atoms with Crippen molar-refractivity contribution >= 4 is 34.9 Å². The van der Waals surface area contributed by atoms with Crippen LogP contribution in [0, 0.1) is 0 Å². The summed E-state index contributed by atoms with van der Waals surface area (Å²) in [5.41, 5.74) is 0.879. The predicted octanol–water partition coefficient (Wildman–Crippen LogP) is 1.76. The number of methoxy groups -OCH3 is 1. The van der Waals surface area contributed by atoms with Crippen molar-refractivity contribution in [3.8, 4) is 6.01 Å². The molecule has 0 unspecified atom stereocenters. The maximum atomic E-state index is 5.23. The lowest BCUT2D eigenvalue weighted by molar-refractivity contribution is 0.379. The van der Waals surface area contributed by atoms with E-state index in [2.05, 4.69) is 25.6 Å². The van der Waals surface area contributed by atoms with E-state index in [0.29, 0.717) is 17.0 Å². The summed E-state index contributed by atoms with van der Waals surface area (Å²) in [7, 11) is 5.16. The summed E-state index contributed by atoms with van der Waals surface area (Å²) < 4.78 is 5.05. The van der Waals surface area contributed by atoms with Crippen molar-refractivity contribution in [3.05, 3.63) is 30.3 Å². The van der Waals surface area contributed by atoms with Gasteiger partial charge in [0.25, 0.3) is 0 Å². The molecular weight excluding hydrogens is 288 g/mol. The van der Waals surface area contributed by atoms with Crippen LogP contribution in [0.2, 0.25) is 0 Å². The average molecular weight is 304 g/mol. The van der Waals surface area contributed by atoms with E-state index in [1.807, 2.05) is 44.4 Å². The van der Waals surface area contributed by atoms with Crippen molar-refractivity contribution < 1.29 is 4.74 Å². The number of aromatic nitrogens is 3. The normalized spacial score (nSPS) is 9.86. The van der Waals surface area contributed by atoms with E-state index in [1.54, 1.807) is 4.90 Å². The Bertz CT molecular complexity index is 619. The molecule has 0 bridgehead atoms. The van der Waals surface area contributed by atoms with Gasteiger partial charge < -0.3 is 20.3 Å². The largest absolute Gasteiger partial charge is 0.467 e. The third-order valence-electron chi connectivity index (χ3n) is 2.44. The van der Waals surface area contributed by atoms with Crippen molar-refractivity contribution in [1.29, 1.82) is 0 Å². The van der Waals surface area contributed by atoms with Crippen LogP contribution in [0.4, 0.5) is 17.6 Å². The smallest absolute Gasteiger partial charge is 0.322 e. The first-order chi connectivity index (χ1) is 10.1. The zero-order valence-corrected chi connectivity index (χ0v) is 12.8. The van der Waals surface area contributed by atoms with Gasteiger partial charge in [0.15, 0.2) is 5.11 Å². The molecule has 0 amide bonds. The van der Waals surface area contributed by atoms with Gasteiger partial charge in [0.1, 0.15) is 0 Å². The maximum Gasteiger partial charge on any atom is 0.322 e. The number of nitrogens with one attached hydrogen (secondary N) is 2. The molecule has 1 heterocycles. The van der Waals surface area contributed by atoms with Crippen molar-refractivity contribution in [2.45, 2.75) is 0 Å². The molecule has 1 aromatic heterocycles. The zero-order chi connectivity index (χ0) is 15.2. The third-order valence-corrected chi connectivity index (χ3v) is 2.65. The summed E-state index contributed by atoms with van der Waals surface area (Å²) in [4.78, 5) is 14.2. The van der Waals surface area contributed by atoms with E-state index in [9.17, 15) is 0 Å². The monoisotopic (exact) mass is 304 g/mol. The first-order valence-electron chi connectivity index (χ1n) is 6.19. The molecule has 2 rings (SSSR count). The molecule has 0 atom stereocenters. The second-order valence-electron chi connectivity index (χ2n) is 4.29. The Morgan fingerprint density at radius 2 is 1.81 bits per heavy atom. The van der Waals surface area contributed by atoms with E-state index in [4.69, 9.17) is 17.0 Å². The van der Waals surface area contributed by atoms with E-state index in [0.717, 1.165) is 5.69 Å². The van der Waals surface area contributed by atoms with Crippen LogP contribution in [0.25, 0.3) is 0 Å². The molecule has 0 fully saturated rings. The minimum atomic E-state index is 0.221. The van der Waals surface area contributed by atoms with Crippen LogP contribution in [-0.2, 0) is 0 Å². The lowest BCUT2D eigenvalue weighted by atomic mass is 10.3. The predicted molar refractivity (Wildman–Crippen MR) is 87.0 cm³/mol. The summed E-state index contributed by atoms with van der Waals surface area (Å²) >= 11 is 5.23. The van der Waals surface area contributed by atoms with Crippen LogP contribution < -0.4 is 20.3 Å². The van der Waals surface area contributed by atoms with Crippen LogP contribution in [0.3, 0.4) is 0 Å². The molecule has 8 heteroatoms. The molecule has 2 N–H and O–H groups in total. The topological polar surface area (TPSA) is 75.2 Å². The Kier molecular flexibility index (Phi) is 4.83. The SMILES string of the molecule is COc1nc(NC(=S)Nc2ccccc2)nc(N(C)C)n1. The van der Waals surface area contributed by atoms with Crippen LogP contribution in [0.1, 0.15) is 0 Å². The van der Waals surface area contributed by atoms with Gasteiger partial charge in [-0.2, -0.15) is 15.0 Å². The Hall–Kier alpha value is -2.48. The van der Waals surface area contributed by atoms with Crippen molar-refractivity contribution in [2.75, 3.05) is 36.7 Å². The molecule has 0 aliphatic rings. The molecule has 21 heavy (non-hydrogen) atoms. The minimum absolute atomic E-state index is 0.221. The quantitative estimate of drug-likeness (QED) is 0.828. The number of ether oxygens (including phenoxy) is 1. The van der Waals surface area contributed by atoms with Crippen LogP contribution in [0.5, 0.6) is 6.01 Å². The number of hydrogen-bond donors (Lipinski definition) is 2. The number of rotatable bonds is 4. The lowest BCUT2D eigenvalue weighted by Crippen LogP contribution is -2.22. The average Bonchev–Trinajstić information content (AvgIpc) is 2.47. The number of nitrogens with zero attached hydrogens (tertiary/aromatic N) is 4. The highest BCUT2D eigenvalue weighted by Gasteiger charge is 2.09. The molecular formula is C13H16N6OS. The molecule has 0 saturated heterocycles. The summed E-state index contributed by atoms with van der Waals surface area (Å²) in [5.74, 6) is 0.797. The molecule has 0 aliphatic heterocycles. The van der Waals surface area contributed by atoms with E-state index >= 15 is 0 Å². The molecule has 1 aromatic carbocycles. The van der Waals surface area contributed by atoms with Crippen molar-refractivity contribution in [3.63, 3.8) is 0 Å². The standard InChI is InChI=1S/C13H16N6OS/c1-19(2)11-15-10(16-12(18-11)20-3)17-13(21)14-9-7-5-4-6-8-9/h4-8H,1-3H3,(H2,14,15,16,17,18,21). The Balaban J connectivity index is 2.11. The van der Waals surface area contributed by atoms with E-state index in [1.165, 1.54) is 7.11 Å². The van der Waals surface area contributed by atoms with Crippen LogP contribution in [-0.4, -0.2) is 41.3 Å². The second kappa shape index (κ2) is 6.80. The fraction of sp³-hybridized carbons (Fsp3) is 0.231. The van der Waals surface area contributed by atoms with Gasteiger partial charge in [-0.05, 0) is 24.4 Å². The lowest BCUT2D eigenvalue weighted by Gasteiger charge is -2.13. The second-order valence-corrected chi connectivity index (χ2v) is 4.69. The number of thiocarbonyl (C=S) groups is 1. The molecule has 0 spiro atoms. The van der Waals surface area contributed by atoms with Gasteiger partial charge in [0.05, 0.1) is 7.11 Å². The number of hydrogen-bond acceptors (Lipinski definition) is 6. The molecule has 110 valence electrons. The van der Waals surface area contributed by atoms with Gasteiger partial charge in [-0.25, -0.2) is 0 Å². The molecule has 0 radical (unpaired) electrons. The Morgan fingerprint density at radius 1 is 1.10 bits per heavy atom. The van der Waals surface area contributed by atoms with E-state index in [-0.39, 0.29) is 6.01 Å². The molecule has 7 nitrogen and oxygen atoms in total. The van der Waals surface area contributed by atoms with Crippen LogP contribution >= 0.6 is 12.2 Å². The highest BCUT2D eigenvalue weighted by atomic mass is 32.1. The summed E-state index contributed by atoms with van der Waals surface area (Å²) in [6.45, 7) is 0. The highest BCUT2D eigenvalue weighted by molar-refractivity contribution is 7.80. The fourth-order valence-electron chi connectivity index (χ4n) is 1.48. The first kappa shape index (κ1) is 14.9. The van der Waals surface area contributed by atoms with Crippen molar-refractivity contribution in [1.82, 2.24) is 15.0 Å². The highest BCUT2D eigenvalue weighted by Crippen LogP contribution is 2.13. The Morgan fingerprint density at radius 3 is 2.43 bits per heavy atom. The maximum absolute atomic E-state index is 5.23. The number of anilines is 3. The van der Waals surface area contributed by atoms with Gasteiger partial charge in [-0.3, -0.25) is 0 Å². The summed E-state index contributed by atoms with van der Waals surface area (Å²) in [6.07, 6.45) is 0. The fourth-order valence-corrected chi connectivity index (χ4v) is 1.69. The Labute approximate surface area is 128 Å². The summed E-state index contributed by atoms with van der Waals surface area (Å²) in [5, 5.41) is 6.34. The zero-order valence-electron chi connectivity index (χ0n) is 12.0. The van der Waals surface area contributed by atoms with Gasteiger partial charge in [0.2, 0.25) is 11.9 Å². The summed E-state index contributed by atoms with van der Waals surface area (Å²) in [6, 6.07) is 9.81. The minimum Gasteiger partial charge on any atom is -0.467 e. The van der Waals surface area contributed by atoms with Crippen LogP contribution in [0.15, 0.2) is 30.3 Å². The van der Waals surface area contributed by atoms with Gasteiger partial charge in [-0.1, -0.05) is 18.2 Å². The van der Waals surface area contributed by atoms with Gasteiger partial charge >= 0.3 is 6.01 Å². The van der Waals surface area contributed by atoms with Gasteiger partial charge in [-0.15, -0.1) is 0 Å². The first-order valence-corrected chi connectivity index (χ1v) is 6.60. The van der Waals surface area contributed by atoms with Gasteiger partial charge in [0, 0.05) is 19.8 Å². The third kappa shape index (κ3) is 4.25. The number of para-hydroxylation sites is 1.